The maximum atomic E-state index is 10.7. The SMILES string of the molecule is COc1ccccc1-c1ccccc1C(O)c1ccncc1. The highest BCUT2D eigenvalue weighted by Gasteiger charge is 2.17. The number of pyridine rings is 1. The van der Waals surface area contributed by atoms with E-state index in [0.29, 0.717) is 0 Å². The van der Waals surface area contributed by atoms with Crippen LogP contribution in [0.2, 0.25) is 0 Å². The molecule has 0 saturated heterocycles. The Balaban J connectivity index is 2.11. The first-order valence-corrected chi connectivity index (χ1v) is 7.11. The van der Waals surface area contributed by atoms with Gasteiger partial charge >= 0.3 is 0 Å². The summed E-state index contributed by atoms with van der Waals surface area (Å²) < 4.78 is 5.45. The normalized spacial score (nSPS) is 11.9. The Hall–Kier alpha value is -2.65. The Morgan fingerprint density at radius 3 is 2.23 bits per heavy atom. The van der Waals surface area contributed by atoms with Gasteiger partial charge in [0.25, 0.3) is 0 Å². The smallest absolute Gasteiger partial charge is 0.126 e. The van der Waals surface area contributed by atoms with Gasteiger partial charge in [0.15, 0.2) is 0 Å². The molecule has 1 N–H and O–H groups in total. The van der Waals surface area contributed by atoms with Gasteiger partial charge in [0.1, 0.15) is 11.9 Å². The zero-order valence-electron chi connectivity index (χ0n) is 12.3. The van der Waals surface area contributed by atoms with Gasteiger partial charge in [-0.05, 0) is 34.9 Å². The Morgan fingerprint density at radius 2 is 1.50 bits per heavy atom. The average molecular weight is 291 g/mol. The molecule has 2 aromatic carbocycles. The number of rotatable bonds is 4. The second kappa shape index (κ2) is 6.41. The van der Waals surface area contributed by atoms with Crippen LogP contribution in [0.5, 0.6) is 5.75 Å². The minimum atomic E-state index is -0.705. The van der Waals surface area contributed by atoms with Crippen LogP contribution in [0.4, 0.5) is 0 Å². The maximum Gasteiger partial charge on any atom is 0.126 e. The van der Waals surface area contributed by atoms with E-state index in [1.165, 1.54) is 0 Å². The first kappa shape index (κ1) is 14.3. The molecular weight excluding hydrogens is 274 g/mol. The van der Waals surface area contributed by atoms with Gasteiger partial charge in [-0.25, -0.2) is 0 Å². The molecule has 3 rings (SSSR count). The molecule has 0 aliphatic carbocycles. The van der Waals surface area contributed by atoms with E-state index in [9.17, 15) is 5.11 Å². The third-order valence-corrected chi connectivity index (χ3v) is 3.67. The van der Waals surface area contributed by atoms with Crippen molar-refractivity contribution in [2.75, 3.05) is 7.11 Å². The van der Waals surface area contributed by atoms with E-state index < -0.39 is 6.10 Å². The van der Waals surface area contributed by atoms with Crippen molar-refractivity contribution in [3.8, 4) is 16.9 Å². The highest BCUT2D eigenvalue weighted by Crippen LogP contribution is 2.36. The van der Waals surface area contributed by atoms with Crippen LogP contribution in [-0.2, 0) is 0 Å². The van der Waals surface area contributed by atoms with E-state index in [2.05, 4.69) is 4.98 Å². The molecule has 0 spiro atoms. The molecule has 0 radical (unpaired) electrons. The van der Waals surface area contributed by atoms with Crippen molar-refractivity contribution in [3.05, 3.63) is 84.2 Å². The van der Waals surface area contributed by atoms with Gasteiger partial charge < -0.3 is 9.84 Å². The molecule has 110 valence electrons. The zero-order chi connectivity index (χ0) is 15.4. The van der Waals surface area contributed by atoms with Gasteiger partial charge in [-0.1, -0.05) is 42.5 Å². The summed E-state index contributed by atoms with van der Waals surface area (Å²) in [6.07, 6.45) is 2.67. The van der Waals surface area contributed by atoms with Crippen LogP contribution >= 0.6 is 0 Å². The van der Waals surface area contributed by atoms with Crippen LogP contribution in [0, 0.1) is 0 Å². The fourth-order valence-corrected chi connectivity index (χ4v) is 2.57. The molecule has 1 heterocycles. The van der Waals surface area contributed by atoms with E-state index in [1.807, 2.05) is 60.7 Å². The lowest BCUT2D eigenvalue weighted by atomic mass is 9.93. The first-order valence-electron chi connectivity index (χ1n) is 7.11. The number of aromatic nitrogens is 1. The van der Waals surface area contributed by atoms with Gasteiger partial charge in [-0.15, -0.1) is 0 Å². The van der Waals surface area contributed by atoms with Crippen molar-refractivity contribution in [2.45, 2.75) is 6.10 Å². The third-order valence-electron chi connectivity index (χ3n) is 3.67. The summed E-state index contributed by atoms with van der Waals surface area (Å²) >= 11 is 0. The Labute approximate surface area is 129 Å². The fraction of sp³-hybridized carbons (Fsp3) is 0.105. The summed E-state index contributed by atoms with van der Waals surface area (Å²) in [5, 5.41) is 10.7. The summed E-state index contributed by atoms with van der Waals surface area (Å²) in [5.41, 5.74) is 3.59. The van der Waals surface area contributed by atoms with Crippen LogP contribution in [-0.4, -0.2) is 17.2 Å². The highest BCUT2D eigenvalue weighted by molar-refractivity contribution is 5.74. The predicted octanol–water partition coefficient (Wildman–Crippen LogP) is 3.84. The van der Waals surface area contributed by atoms with Crippen molar-refractivity contribution in [3.63, 3.8) is 0 Å². The highest BCUT2D eigenvalue weighted by atomic mass is 16.5. The van der Waals surface area contributed by atoms with Crippen LogP contribution in [0.25, 0.3) is 11.1 Å². The van der Waals surface area contributed by atoms with Crippen LogP contribution in [0.15, 0.2) is 73.1 Å². The molecule has 3 nitrogen and oxygen atoms in total. The Kier molecular flexibility index (Phi) is 4.17. The molecule has 3 aromatic rings. The molecule has 22 heavy (non-hydrogen) atoms. The van der Waals surface area contributed by atoms with Crippen molar-refractivity contribution in [1.82, 2.24) is 4.98 Å². The zero-order valence-corrected chi connectivity index (χ0v) is 12.3. The Bertz CT molecular complexity index is 756. The molecule has 0 aliphatic rings. The molecule has 1 atom stereocenters. The molecule has 1 unspecified atom stereocenters. The summed E-state index contributed by atoms with van der Waals surface area (Å²) in [6, 6.07) is 19.3. The van der Waals surface area contributed by atoms with Crippen molar-refractivity contribution in [2.24, 2.45) is 0 Å². The molecule has 0 bridgehead atoms. The molecule has 0 amide bonds. The lowest BCUT2D eigenvalue weighted by Gasteiger charge is -2.17. The quantitative estimate of drug-likeness (QED) is 0.794. The largest absolute Gasteiger partial charge is 0.496 e. The van der Waals surface area contributed by atoms with Gasteiger partial charge in [-0.3, -0.25) is 4.98 Å². The number of aliphatic hydroxyl groups excluding tert-OH is 1. The van der Waals surface area contributed by atoms with Gasteiger partial charge in [-0.2, -0.15) is 0 Å². The number of hydrogen-bond donors (Lipinski definition) is 1. The predicted molar refractivity (Wildman–Crippen MR) is 86.7 cm³/mol. The number of nitrogens with zero attached hydrogens (tertiary/aromatic N) is 1. The topological polar surface area (TPSA) is 42.4 Å². The number of methoxy groups -OCH3 is 1. The second-order valence-electron chi connectivity index (χ2n) is 4.97. The van der Waals surface area contributed by atoms with Crippen molar-refractivity contribution < 1.29 is 9.84 Å². The summed E-state index contributed by atoms with van der Waals surface area (Å²) in [5.74, 6) is 0.789. The van der Waals surface area contributed by atoms with E-state index in [0.717, 1.165) is 28.0 Å². The monoisotopic (exact) mass is 291 g/mol. The standard InChI is InChI=1S/C19H17NO2/c1-22-18-9-5-4-7-16(18)15-6-2-3-8-17(15)19(21)14-10-12-20-13-11-14/h2-13,19,21H,1H3. The number of para-hydroxylation sites is 1. The minimum absolute atomic E-state index is 0.705. The Morgan fingerprint density at radius 1 is 0.864 bits per heavy atom. The number of aliphatic hydroxyl groups is 1. The maximum absolute atomic E-state index is 10.7. The van der Waals surface area contributed by atoms with E-state index in [4.69, 9.17) is 4.74 Å². The molecule has 0 saturated carbocycles. The van der Waals surface area contributed by atoms with E-state index in [1.54, 1.807) is 19.5 Å². The van der Waals surface area contributed by atoms with Crippen LogP contribution in [0.1, 0.15) is 17.2 Å². The molecule has 1 aromatic heterocycles. The van der Waals surface area contributed by atoms with Gasteiger partial charge in [0.2, 0.25) is 0 Å². The van der Waals surface area contributed by atoms with Crippen molar-refractivity contribution in [1.29, 1.82) is 0 Å². The molecular formula is C19H17NO2. The van der Waals surface area contributed by atoms with Gasteiger partial charge in [0, 0.05) is 18.0 Å². The first-order chi connectivity index (χ1) is 10.8. The van der Waals surface area contributed by atoms with Crippen LogP contribution < -0.4 is 4.74 Å². The average Bonchev–Trinajstić information content (AvgIpc) is 2.62. The molecule has 0 aliphatic heterocycles. The lowest BCUT2D eigenvalue weighted by molar-refractivity contribution is 0.220. The van der Waals surface area contributed by atoms with E-state index in [-0.39, 0.29) is 0 Å². The minimum Gasteiger partial charge on any atom is -0.496 e. The number of ether oxygens (including phenoxy) is 1. The molecule has 0 fully saturated rings. The molecule has 3 heteroatoms. The lowest BCUT2D eigenvalue weighted by Crippen LogP contribution is -2.02. The van der Waals surface area contributed by atoms with Crippen molar-refractivity contribution >= 4 is 0 Å². The second-order valence-corrected chi connectivity index (χ2v) is 4.97. The third kappa shape index (κ3) is 2.71. The number of hydrogen-bond acceptors (Lipinski definition) is 3. The number of benzene rings is 2. The van der Waals surface area contributed by atoms with Crippen LogP contribution in [0.3, 0.4) is 0 Å². The fourth-order valence-electron chi connectivity index (χ4n) is 2.57. The summed E-state index contributed by atoms with van der Waals surface area (Å²) in [6.45, 7) is 0. The summed E-state index contributed by atoms with van der Waals surface area (Å²) in [4.78, 5) is 4.00. The van der Waals surface area contributed by atoms with E-state index >= 15 is 0 Å². The van der Waals surface area contributed by atoms with Gasteiger partial charge in [0.05, 0.1) is 7.11 Å². The summed E-state index contributed by atoms with van der Waals surface area (Å²) in [7, 11) is 1.65.